The second-order valence-corrected chi connectivity index (χ2v) is 7.42. The van der Waals surface area contributed by atoms with Crippen molar-refractivity contribution in [1.82, 2.24) is 5.43 Å². The van der Waals surface area contributed by atoms with E-state index in [0.29, 0.717) is 12.3 Å². The maximum atomic E-state index is 11.9. The predicted molar refractivity (Wildman–Crippen MR) is 120 cm³/mol. The first kappa shape index (κ1) is 21.3. The van der Waals surface area contributed by atoms with Crippen molar-refractivity contribution in [2.45, 2.75) is 13.5 Å². The molecule has 2 N–H and O–H groups in total. The van der Waals surface area contributed by atoms with E-state index in [2.05, 4.69) is 37.8 Å². The Hall–Kier alpha value is -3.45. The van der Waals surface area contributed by atoms with E-state index in [4.69, 9.17) is 4.74 Å². The van der Waals surface area contributed by atoms with Crippen LogP contribution in [0.3, 0.4) is 0 Å². The molecule has 0 aliphatic carbocycles. The van der Waals surface area contributed by atoms with Gasteiger partial charge < -0.3 is 10.1 Å². The number of hydrazone groups is 1. The van der Waals surface area contributed by atoms with Gasteiger partial charge in [0.05, 0.1) is 6.21 Å². The lowest BCUT2D eigenvalue weighted by molar-refractivity contribution is -0.136. The Morgan fingerprint density at radius 3 is 2.43 bits per heavy atom. The van der Waals surface area contributed by atoms with Crippen molar-refractivity contribution in [3.8, 4) is 5.75 Å². The number of nitrogens with one attached hydrogen (secondary N) is 2. The van der Waals surface area contributed by atoms with Crippen molar-refractivity contribution in [1.29, 1.82) is 0 Å². The fourth-order valence-corrected chi connectivity index (χ4v) is 2.82. The van der Waals surface area contributed by atoms with E-state index in [1.807, 2.05) is 49.4 Å². The van der Waals surface area contributed by atoms with E-state index in [0.717, 1.165) is 21.3 Å². The number of aryl methyl sites for hydroxylation is 1. The third-order valence-electron chi connectivity index (χ3n) is 4.06. The summed E-state index contributed by atoms with van der Waals surface area (Å²) in [5, 5.41) is 6.31. The van der Waals surface area contributed by atoms with Crippen molar-refractivity contribution < 1.29 is 14.3 Å². The van der Waals surface area contributed by atoms with Crippen LogP contribution in [0.2, 0.25) is 0 Å². The lowest BCUT2D eigenvalue weighted by Gasteiger charge is -2.07. The van der Waals surface area contributed by atoms with Crippen LogP contribution in [0.5, 0.6) is 5.75 Å². The normalized spacial score (nSPS) is 10.6. The van der Waals surface area contributed by atoms with Crippen molar-refractivity contribution in [3.05, 3.63) is 94.0 Å². The molecule has 30 heavy (non-hydrogen) atoms. The molecule has 0 aromatic heterocycles. The molecule has 0 aliphatic rings. The highest BCUT2D eigenvalue weighted by Gasteiger charge is 2.12. The third kappa shape index (κ3) is 6.56. The molecule has 0 radical (unpaired) electrons. The van der Waals surface area contributed by atoms with E-state index in [1.54, 1.807) is 24.3 Å². The minimum absolute atomic E-state index is 0.485. The highest BCUT2D eigenvalue weighted by molar-refractivity contribution is 9.10. The molecule has 6 nitrogen and oxygen atoms in total. The molecule has 3 aromatic rings. The van der Waals surface area contributed by atoms with E-state index in [9.17, 15) is 9.59 Å². The van der Waals surface area contributed by atoms with Gasteiger partial charge in [-0.05, 0) is 66.6 Å². The van der Waals surface area contributed by atoms with Crippen molar-refractivity contribution >= 4 is 39.6 Å². The topological polar surface area (TPSA) is 79.8 Å². The molecule has 3 aromatic carbocycles. The number of halogens is 1. The predicted octanol–water partition coefficient (Wildman–Crippen LogP) is 4.43. The van der Waals surface area contributed by atoms with Crippen LogP contribution < -0.4 is 15.5 Å². The lowest BCUT2D eigenvalue weighted by atomic mass is 10.1. The van der Waals surface area contributed by atoms with Gasteiger partial charge in [-0.15, -0.1) is 0 Å². The standard InChI is InChI=1S/C23H20BrN3O3/c1-16-3-2-4-18(13-16)15-30-21-11-5-17(6-12-21)14-25-27-23(29)22(28)26-20-9-7-19(24)8-10-20/h2-14H,15H2,1H3,(H,26,28)(H,27,29). The summed E-state index contributed by atoms with van der Waals surface area (Å²) in [6.45, 7) is 2.53. The number of benzene rings is 3. The number of hydrogen-bond acceptors (Lipinski definition) is 4. The highest BCUT2D eigenvalue weighted by atomic mass is 79.9. The first-order chi connectivity index (χ1) is 14.5. The number of anilines is 1. The van der Waals surface area contributed by atoms with Crippen LogP contribution in [0.1, 0.15) is 16.7 Å². The van der Waals surface area contributed by atoms with Crippen LogP contribution in [0.15, 0.2) is 82.4 Å². The second-order valence-electron chi connectivity index (χ2n) is 6.51. The Bertz CT molecular complexity index is 1050. The summed E-state index contributed by atoms with van der Waals surface area (Å²) < 4.78 is 6.65. The van der Waals surface area contributed by atoms with Gasteiger partial charge in [-0.3, -0.25) is 9.59 Å². The number of carbonyl (C=O) groups is 2. The fourth-order valence-electron chi connectivity index (χ4n) is 2.56. The monoisotopic (exact) mass is 465 g/mol. The molecule has 0 heterocycles. The van der Waals surface area contributed by atoms with E-state index < -0.39 is 11.8 Å². The van der Waals surface area contributed by atoms with E-state index in [-0.39, 0.29) is 0 Å². The highest BCUT2D eigenvalue weighted by Crippen LogP contribution is 2.15. The van der Waals surface area contributed by atoms with Crippen LogP contribution in [0, 0.1) is 6.92 Å². The Balaban J connectivity index is 1.46. The fraction of sp³-hybridized carbons (Fsp3) is 0.0870. The molecule has 0 aliphatic heterocycles. The Morgan fingerprint density at radius 2 is 1.73 bits per heavy atom. The summed E-state index contributed by atoms with van der Waals surface area (Å²) in [5.41, 5.74) is 5.77. The summed E-state index contributed by atoms with van der Waals surface area (Å²) in [5.74, 6) is -0.923. The van der Waals surface area contributed by atoms with Gasteiger partial charge in [0.25, 0.3) is 0 Å². The first-order valence-electron chi connectivity index (χ1n) is 9.18. The van der Waals surface area contributed by atoms with Gasteiger partial charge in [0.15, 0.2) is 0 Å². The second kappa shape index (κ2) is 10.4. The lowest BCUT2D eigenvalue weighted by Crippen LogP contribution is -2.32. The molecule has 0 atom stereocenters. The molecular formula is C23H20BrN3O3. The molecule has 7 heteroatoms. The molecule has 0 fully saturated rings. The van der Waals surface area contributed by atoms with E-state index >= 15 is 0 Å². The largest absolute Gasteiger partial charge is 0.489 e. The number of carbonyl (C=O) groups excluding carboxylic acids is 2. The first-order valence-corrected chi connectivity index (χ1v) is 9.97. The summed E-state index contributed by atoms with van der Waals surface area (Å²) in [7, 11) is 0. The Labute approximate surface area is 183 Å². The minimum atomic E-state index is -0.854. The molecule has 3 rings (SSSR count). The van der Waals surface area contributed by atoms with Crippen molar-refractivity contribution in [2.24, 2.45) is 5.10 Å². The van der Waals surface area contributed by atoms with Gasteiger partial charge in [0.2, 0.25) is 0 Å². The maximum Gasteiger partial charge on any atom is 0.329 e. The third-order valence-corrected chi connectivity index (χ3v) is 4.58. The van der Waals surface area contributed by atoms with Crippen molar-refractivity contribution in [2.75, 3.05) is 5.32 Å². The summed E-state index contributed by atoms with van der Waals surface area (Å²) in [4.78, 5) is 23.7. The number of rotatable bonds is 6. The molecule has 0 bridgehead atoms. The smallest absolute Gasteiger partial charge is 0.329 e. The van der Waals surface area contributed by atoms with Gasteiger partial charge in [-0.2, -0.15) is 5.10 Å². The Kier molecular flexibility index (Phi) is 7.34. The van der Waals surface area contributed by atoms with Gasteiger partial charge in [0, 0.05) is 10.2 Å². The molecular weight excluding hydrogens is 446 g/mol. The molecule has 0 saturated carbocycles. The maximum absolute atomic E-state index is 11.9. The number of hydrogen-bond donors (Lipinski definition) is 2. The van der Waals surface area contributed by atoms with Crippen LogP contribution in [-0.2, 0) is 16.2 Å². The Morgan fingerprint density at radius 1 is 1.00 bits per heavy atom. The SMILES string of the molecule is Cc1cccc(COc2ccc(C=NNC(=O)C(=O)Nc3ccc(Br)cc3)cc2)c1. The quantitative estimate of drug-likeness (QED) is 0.321. The molecule has 0 spiro atoms. The summed E-state index contributed by atoms with van der Waals surface area (Å²) in [6.07, 6.45) is 1.45. The zero-order valence-electron chi connectivity index (χ0n) is 16.3. The van der Waals surface area contributed by atoms with Crippen LogP contribution in [-0.4, -0.2) is 18.0 Å². The number of ether oxygens (including phenoxy) is 1. The summed E-state index contributed by atoms with van der Waals surface area (Å²) >= 11 is 3.30. The zero-order valence-corrected chi connectivity index (χ0v) is 17.8. The summed E-state index contributed by atoms with van der Waals surface area (Å²) in [6, 6.07) is 22.3. The average molecular weight is 466 g/mol. The molecule has 152 valence electrons. The molecule has 2 amide bonds. The molecule has 0 unspecified atom stereocenters. The zero-order chi connectivity index (χ0) is 21.3. The van der Waals surface area contributed by atoms with Crippen molar-refractivity contribution in [3.63, 3.8) is 0 Å². The number of amides is 2. The van der Waals surface area contributed by atoms with Gasteiger partial charge in [-0.1, -0.05) is 45.8 Å². The van der Waals surface area contributed by atoms with Gasteiger partial charge >= 0.3 is 11.8 Å². The average Bonchev–Trinajstić information content (AvgIpc) is 2.75. The van der Waals surface area contributed by atoms with Gasteiger partial charge in [-0.25, -0.2) is 5.43 Å². The van der Waals surface area contributed by atoms with Gasteiger partial charge in [0.1, 0.15) is 12.4 Å². The molecule has 0 saturated heterocycles. The number of nitrogens with zero attached hydrogens (tertiary/aromatic N) is 1. The minimum Gasteiger partial charge on any atom is -0.489 e. The van der Waals surface area contributed by atoms with E-state index in [1.165, 1.54) is 11.8 Å². The van der Waals surface area contributed by atoms with Crippen LogP contribution >= 0.6 is 15.9 Å². The van der Waals surface area contributed by atoms with Crippen LogP contribution in [0.4, 0.5) is 5.69 Å². The van der Waals surface area contributed by atoms with Crippen LogP contribution in [0.25, 0.3) is 0 Å².